The molecular formula is C18H30FIN4. The molecule has 1 heterocycles. The van der Waals surface area contributed by atoms with Crippen LogP contribution in [0.15, 0.2) is 23.2 Å². The number of halogens is 2. The second-order valence-corrected chi connectivity index (χ2v) is 6.76. The van der Waals surface area contributed by atoms with Gasteiger partial charge in [0.05, 0.1) is 0 Å². The average Bonchev–Trinajstić information content (AvgIpc) is 2.50. The molecule has 2 rings (SSSR count). The third-order valence-electron chi connectivity index (χ3n) is 4.22. The molecule has 0 bridgehead atoms. The molecule has 0 aliphatic carbocycles. The molecule has 1 fully saturated rings. The van der Waals surface area contributed by atoms with Gasteiger partial charge in [0.15, 0.2) is 5.96 Å². The van der Waals surface area contributed by atoms with Crippen LogP contribution < -0.4 is 5.32 Å². The standard InChI is InChI=1S/C18H29FN4.HI/c1-14-6-5-9-23(12-14)18(20-2)21-11-15-7-8-17(19)16(10-15)13-22(3)4;/h7-8,10,14H,5-6,9,11-13H2,1-4H3,(H,20,21);1H. The molecular weight excluding hydrogens is 418 g/mol. The molecule has 1 aromatic carbocycles. The Morgan fingerprint density at radius 1 is 1.42 bits per heavy atom. The molecule has 0 radical (unpaired) electrons. The lowest BCUT2D eigenvalue weighted by atomic mass is 10.0. The van der Waals surface area contributed by atoms with E-state index in [9.17, 15) is 4.39 Å². The van der Waals surface area contributed by atoms with Gasteiger partial charge in [0.1, 0.15) is 5.82 Å². The summed E-state index contributed by atoms with van der Waals surface area (Å²) in [6.07, 6.45) is 2.50. The van der Waals surface area contributed by atoms with Crippen LogP contribution in [0.25, 0.3) is 0 Å². The predicted octanol–water partition coefficient (Wildman–Crippen LogP) is 3.31. The summed E-state index contributed by atoms with van der Waals surface area (Å²) in [6, 6.07) is 5.34. The highest BCUT2D eigenvalue weighted by Gasteiger charge is 2.19. The molecule has 1 N–H and O–H groups in total. The molecule has 6 heteroatoms. The van der Waals surface area contributed by atoms with E-state index in [1.54, 1.807) is 6.07 Å². The highest BCUT2D eigenvalue weighted by molar-refractivity contribution is 14.0. The Hall–Kier alpha value is -0.890. The fourth-order valence-corrected chi connectivity index (χ4v) is 3.10. The van der Waals surface area contributed by atoms with Crippen molar-refractivity contribution in [2.24, 2.45) is 10.9 Å². The molecule has 1 saturated heterocycles. The molecule has 24 heavy (non-hydrogen) atoms. The number of aliphatic imine (C=N–C) groups is 1. The highest BCUT2D eigenvalue weighted by atomic mass is 127. The maximum Gasteiger partial charge on any atom is 0.193 e. The van der Waals surface area contributed by atoms with Crippen LogP contribution >= 0.6 is 24.0 Å². The highest BCUT2D eigenvalue weighted by Crippen LogP contribution is 2.16. The summed E-state index contributed by atoms with van der Waals surface area (Å²) in [4.78, 5) is 8.69. The minimum Gasteiger partial charge on any atom is -0.352 e. The Balaban J connectivity index is 0.00000288. The lowest BCUT2D eigenvalue weighted by Gasteiger charge is -2.33. The van der Waals surface area contributed by atoms with Gasteiger partial charge in [-0.25, -0.2) is 4.39 Å². The number of piperidine rings is 1. The Morgan fingerprint density at radius 3 is 2.79 bits per heavy atom. The van der Waals surface area contributed by atoms with Crippen molar-refractivity contribution in [2.45, 2.75) is 32.9 Å². The summed E-state index contributed by atoms with van der Waals surface area (Å²) in [6.45, 7) is 5.66. The quantitative estimate of drug-likeness (QED) is 0.436. The molecule has 0 aromatic heterocycles. The molecule has 1 aliphatic heterocycles. The molecule has 1 aliphatic rings. The lowest BCUT2D eigenvalue weighted by Crippen LogP contribution is -2.45. The maximum absolute atomic E-state index is 13.8. The second-order valence-electron chi connectivity index (χ2n) is 6.76. The Bertz CT molecular complexity index is 548. The number of guanidine groups is 1. The van der Waals surface area contributed by atoms with Crippen molar-refractivity contribution in [2.75, 3.05) is 34.2 Å². The topological polar surface area (TPSA) is 30.9 Å². The summed E-state index contributed by atoms with van der Waals surface area (Å²) in [5, 5.41) is 3.42. The number of hydrogen-bond acceptors (Lipinski definition) is 2. The van der Waals surface area contributed by atoms with Gasteiger partial charge in [-0.15, -0.1) is 24.0 Å². The molecule has 0 spiro atoms. The van der Waals surface area contributed by atoms with Crippen LogP contribution in [-0.4, -0.2) is 50.0 Å². The van der Waals surface area contributed by atoms with E-state index in [1.807, 2.05) is 38.2 Å². The van der Waals surface area contributed by atoms with Crippen molar-refractivity contribution in [3.05, 3.63) is 35.1 Å². The Labute approximate surface area is 162 Å². The van der Waals surface area contributed by atoms with Crippen LogP contribution in [0.2, 0.25) is 0 Å². The molecule has 1 atom stereocenters. The third-order valence-corrected chi connectivity index (χ3v) is 4.22. The first-order valence-corrected chi connectivity index (χ1v) is 8.37. The van der Waals surface area contributed by atoms with Gasteiger partial charge in [0, 0.05) is 38.8 Å². The van der Waals surface area contributed by atoms with Crippen molar-refractivity contribution in [1.82, 2.24) is 15.1 Å². The smallest absolute Gasteiger partial charge is 0.193 e. The van der Waals surface area contributed by atoms with Gasteiger partial charge < -0.3 is 15.1 Å². The van der Waals surface area contributed by atoms with E-state index in [0.29, 0.717) is 19.0 Å². The molecule has 4 nitrogen and oxygen atoms in total. The van der Waals surface area contributed by atoms with Crippen LogP contribution in [0, 0.1) is 11.7 Å². The van der Waals surface area contributed by atoms with Crippen molar-refractivity contribution >= 4 is 29.9 Å². The second kappa shape index (κ2) is 10.2. The normalized spacial score (nSPS) is 18.5. The summed E-state index contributed by atoms with van der Waals surface area (Å²) >= 11 is 0. The average molecular weight is 448 g/mol. The number of hydrogen-bond donors (Lipinski definition) is 1. The van der Waals surface area contributed by atoms with E-state index in [2.05, 4.69) is 22.1 Å². The number of nitrogens with one attached hydrogen (secondary N) is 1. The van der Waals surface area contributed by atoms with Crippen LogP contribution in [0.3, 0.4) is 0 Å². The maximum atomic E-state index is 13.8. The van der Waals surface area contributed by atoms with Gasteiger partial charge >= 0.3 is 0 Å². The van der Waals surface area contributed by atoms with E-state index in [0.717, 1.165) is 30.2 Å². The predicted molar refractivity (Wildman–Crippen MR) is 109 cm³/mol. The van der Waals surface area contributed by atoms with Gasteiger partial charge in [0.25, 0.3) is 0 Å². The zero-order valence-electron chi connectivity index (χ0n) is 15.2. The first kappa shape index (κ1) is 21.2. The minimum absolute atomic E-state index is 0. The Kier molecular flexibility index (Phi) is 8.97. The number of likely N-dealkylation sites (tertiary alicyclic amines) is 1. The van der Waals surface area contributed by atoms with E-state index >= 15 is 0 Å². The fraction of sp³-hybridized carbons (Fsp3) is 0.611. The molecule has 1 aromatic rings. The van der Waals surface area contributed by atoms with Crippen LogP contribution in [-0.2, 0) is 13.1 Å². The zero-order chi connectivity index (χ0) is 16.8. The summed E-state index contributed by atoms with van der Waals surface area (Å²) < 4.78 is 13.8. The van der Waals surface area contributed by atoms with E-state index < -0.39 is 0 Å². The fourth-order valence-electron chi connectivity index (χ4n) is 3.10. The largest absolute Gasteiger partial charge is 0.352 e. The van der Waals surface area contributed by atoms with Gasteiger partial charge in [-0.2, -0.15) is 0 Å². The molecule has 136 valence electrons. The third kappa shape index (κ3) is 6.20. The van der Waals surface area contributed by atoms with Crippen molar-refractivity contribution in [3.63, 3.8) is 0 Å². The minimum atomic E-state index is -0.142. The van der Waals surface area contributed by atoms with Gasteiger partial charge in [-0.1, -0.05) is 13.0 Å². The first-order valence-electron chi connectivity index (χ1n) is 8.37. The Morgan fingerprint density at radius 2 is 2.17 bits per heavy atom. The summed E-state index contributed by atoms with van der Waals surface area (Å²) in [5.74, 6) is 1.51. The summed E-state index contributed by atoms with van der Waals surface area (Å²) in [5.41, 5.74) is 1.81. The van der Waals surface area contributed by atoms with Gasteiger partial charge in [-0.3, -0.25) is 4.99 Å². The van der Waals surface area contributed by atoms with Crippen molar-refractivity contribution < 1.29 is 4.39 Å². The number of nitrogens with zero attached hydrogens (tertiary/aromatic N) is 3. The van der Waals surface area contributed by atoms with Crippen molar-refractivity contribution in [3.8, 4) is 0 Å². The lowest BCUT2D eigenvalue weighted by molar-refractivity contribution is 0.266. The van der Waals surface area contributed by atoms with Gasteiger partial charge in [0.2, 0.25) is 0 Å². The monoisotopic (exact) mass is 448 g/mol. The SMILES string of the molecule is CN=C(NCc1ccc(F)c(CN(C)C)c1)N1CCCC(C)C1.I. The zero-order valence-corrected chi connectivity index (χ0v) is 17.5. The number of rotatable bonds is 4. The first-order chi connectivity index (χ1) is 11.0. The number of benzene rings is 1. The van der Waals surface area contributed by atoms with E-state index in [1.165, 1.54) is 12.8 Å². The summed E-state index contributed by atoms with van der Waals surface area (Å²) in [7, 11) is 5.72. The van der Waals surface area contributed by atoms with E-state index in [4.69, 9.17) is 0 Å². The van der Waals surface area contributed by atoms with Crippen LogP contribution in [0.5, 0.6) is 0 Å². The van der Waals surface area contributed by atoms with Crippen LogP contribution in [0.4, 0.5) is 4.39 Å². The molecule has 0 amide bonds. The van der Waals surface area contributed by atoms with Gasteiger partial charge in [-0.05, 0) is 50.6 Å². The molecule has 0 saturated carbocycles. The van der Waals surface area contributed by atoms with E-state index in [-0.39, 0.29) is 29.8 Å². The van der Waals surface area contributed by atoms with Crippen molar-refractivity contribution in [1.29, 1.82) is 0 Å². The van der Waals surface area contributed by atoms with Crippen LogP contribution in [0.1, 0.15) is 30.9 Å². The molecule has 1 unspecified atom stereocenters.